The van der Waals surface area contributed by atoms with Gasteiger partial charge in [0, 0.05) is 27.1 Å². The highest BCUT2D eigenvalue weighted by molar-refractivity contribution is 5.73. The zero-order valence-electron chi connectivity index (χ0n) is 38.9. The molecule has 3 saturated heterocycles. The molecule has 0 bridgehead atoms. The molecule has 3 aromatic rings. The van der Waals surface area contributed by atoms with Crippen LogP contribution in [-0.4, -0.2) is 175 Å². The van der Waals surface area contributed by atoms with E-state index in [0.717, 1.165) is 16.7 Å². The maximum Gasteiger partial charge on any atom is 0.217 e. The second-order valence-corrected chi connectivity index (χ2v) is 16.9. The van der Waals surface area contributed by atoms with Crippen molar-refractivity contribution in [2.24, 2.45) is 5.92 Å². The Morgan fingerprint density at radius 1 is 0.710 bits per heavy atom. The molecule has 8 N–H and O–H groups in total. The molecule has 0 aromatic heterocycles. The summed E-state index contributed by atoms with van der Waals surface area (Å²) >= 11 is 0. The van der Waals surface area contributed by atoms with Gasteiger partial charge in [0.2, 0.25) is 5.91 Å². The van der Waals surface area contributed by atoms with Crippen molar-refractivity contribution in [3.63, 3.8) is 0 Å². The van der Waals surface area contributed by atoms with E-state index in [9.17, 15) is 40.5 Å². The van der Waals surface area contributed by atoms with Crippen molar-refractivity contribution in [3.05, 3.63) is 132 Å². The molecule has 69 heavy (non-hydrogen) atoms. The van der Waals surface area contributed by atoms with Gasteiger partial charge in [-0.2, -0.15) is 0 Å². The van der Waals surface area contributed by atoms with E-state index in [4.69, 9.17) is 47.4 Å². The van der Waals surface area contributed by atoms with Gasteiger partial charge >= 0.3 is 0 Å². The van der Waals surface area contributed by atoms with Crippen molar-refractivity contribution in [2.75, 3.05) is 40.6 Å². The number of methoxy groups -OCH3 is 2. The van der Waals surface area contributed by atoms with Crippen molar-refractivity contribution in [1.29, 1.82) is 0 Å². The third-order valence-corrected chi connectivity index (χ3v) is 12.0. The van der Waals surface area contributed by atoms with E-state index >= 15 is 0 Å². The number of fused-ring (bicyclic) bond motifs is 1. The first-order valence-electron chi connectivity index (χ1n) is 23.0. The average molecular weight is 970 g/mol. The third-order valence-electron chi connectivity index (χ3n) is 12.0. The molecular formula is C50H67NO18. The Morgan fingerprint density at radius 3 is 1.83 bits per heavy atom. The van der Waals surface area contributed by atoms with Gasteiger partial charge in [-0.05, 0) is 23.1 Å². The van der Waals surface area contributed by atoms with E-state index in [1.807, 2.05) is 91.0 Å². The normalized spacial score (nSPS) is 30.0. The van der Waals surface area contributed by atoms with Crippen LogP contribution in [0.2, 0.25) is 0 Å². The molecule has 0 spiro atoms. The Morgan fingerprint density at radius 2 is 1.28 bits per heavy atom. The molecule has 3 heterocycles. The van der Waals surface area contributed by atoms with E-state index in [1.54, 1.807) is 0 Å². The molecule has 0 aliphatic carbocycles. The minimum Gasteiger partial charge on any atom is -0.394 e. The van der Waals surface area contributed by atoms with Gasteiger partial charge in [0.25, 0.3) is 0 Å². The van der Waals surface area contributed by atoms with Crippen LogP contribution in [0.1, 0.15) is 36.1 Å². The number of rotatable bonds is 25. The summed E-state index contributed by atoms with van der Waals surface area (Å²) in [6, 6.07) is 27.0. The van der Waals surface area contributed by atoms with Crippen LogP contribution in [0.3, 0.4) is 0 Å². The summed E-state index contributed by atoms with van der Waals surface area (Å²) in [5.41, 5.74) is 2.51. The standard InChI is InChI=1S/C50H67NO18/c1-30(55)51-42-43(68-48(60-2)37(57)21-19-34(56)24-52)36-23-39(33-17-11-6-12-18-33)62-29-41(36)67-50(42)65-35(25-53)20-22-38(58)49(61-3)69-45-44(63-27-31-13-7-4-8-14-31)40(26-54)66-47(59)46(45)64-28-32-15-9-5-10-16-32/h4-22,34-50,52-54,56-59H,23-29H2,1-3H3,(H,51,55)/b21-19+,22-20+/t34-,35-,36?,37?,38?,39?,40?,41?,42?,43?,44?,45?,46?,47?,48?,49?,50?/m0/s1. The van der Waals surface area contributed by atoms with Crippen molar-refractivity contribution in [1.82, 2.24) is 5.32 Å². The Bertz CT molecular complexity index is 1980. The van der Waals surface area contributed by atoms with Gasteiger partial charge in [-0.1, -0.05) is 115 Å². The number of benzene rings is 3. The molecule has 0 radical (unpaired) electrons. The highest BCUT2D eigenvalue weighted by Gasteiger charge is 2.52. The van der Waals surface area contributed by atoms with Crippen molar-refractivity contribution >= 4 is 5.91 Å². The van der Waals surface area contributed by atoms with E-state index in [1.165, 1.54) is 45.4 Å². The molecule has 6 rings (SSSR count). The molecule has 380 valence electrons. The minimum absolute atomic E-state index is 0.0467. The molecule has 17 atom stereocenters. The Labute approximate surface area is 401 Å². The number of aliphatic hydroxyl groups excluding tert-OH is 7. The summed E-state index contributed by atoms with van der Waals surface area (Å²) in [6.07, 6.45) is -12.2. The van der Waals surface area contributed by atoms with Gasteiger partial charge in [-0.3, -0.25) is 4.79 Å². The Balaban J connectivity index is 1.23. The zero-order chi connectivity index (χ0) is 49.3. The first kappa shape index (κ1) is 54.3. The number of aliphatic hydroxyl groups is 7. The molecule has 3 fully saturated rings. The molecule has 3 aromatic carbocycles. The molecule has 19 nitrogen and oxygen atoms in total. The van der Waals surface area contributed by atoms with Crippen LogP contribution in [-0.2, 0) is 65.4 Å². The van der Waals surface area contributed by atoms with Gasteiger partial charge in [-0.15, -0.1) is 0 Å². The van der Waals surface area contributed by atoms with Gasteiger partial charge < -0.3 is 88.4 Å². The van der Waals surface area contributed by atoms with Crippen LogP contribution < -0.4 is 5.32 Å². The molecule has 3 aliphatic heterocycles. The van der Waals surface area contributed by atoms with Gasteiger partial charge in [0.05, 0.1) is 64.1 Å². The van der Waals surface area contributed by atoms with E-state index < -0.39 is 124 Å². The molecule has 0 saturated carbocycles. The van der Waals surface area contributed by atoms with Gasteiger partial charge in [-0.25, -0.2) is 0 Å². The Kier molecular flexibility index (Phi) is 21.6. The number of ether oxygens (including phenoxy) is 10. The number of nitrogens with one attached hydrogen (secondary N) is 1. The van der Waals surface area contributed by atoms with Crippen molar-refractivity contribution in [2.45, 2.75) is 125 Å². The molecular weight excluding hydrogens is 903 g/mol. The third kappa shape index (κ3) is 15.2. The fourth-order valence-electron chi connectivity index (χ4n) is 8.57. The lowest BCUT2D eigenvalue weighted by molar-refractivity contribution is -0.337. The SMILES string of the molecule is COC(OC1C2CC(c3ccccc3)OCC2OC(O[C@@H](/C=C/C(O)C(OC)OC2C(OCc3ccccc3)C(O)OC(CO)C2OCc2ccccc2)CO)C1NC(C)=O)C(O)/C=C/[C@H](O)CO. The van der Waals surface area contributed by atoms with Crippen molar-refractivity contribution in [3.8, 4) is 0 Å². The number of carbonyl (C=O) groups excluding carboxylic acids is 1. The average Bonchev–Trinajstić information content (AvgIpc) is 3.37. The first-order valence-corrected chi connectivity index (χ1v) is 23.0. The Hall–Kier alpha value is -4.07. The van der Waals surface area contributed by atoms with Crippen LogP contribution in [0, 0.1) is 5.92 Å². The zero-order valence-corrected chi connectivity index (χ0v) is 38.9. The monoisotopic (exact) mass is 969 g/mol. The molecule has 3 aliphatic rings. The number of carbonyl (C=O) groups is 1. The van der Waals surface area contributed by atoms with Gasteiger partial charge in [0.1, 0.15) is 48.8 Å². The first-order chi connectivity index (χ1) is 33.5. The summed E-state index contributed by atoms with van der Waals surface area (Å²) in [6.45, 7) is -0.249. The highest BCUT2D eigenvalue weighted by Crippen LogP contribution is 2.42. The van der Waals surface area contributed by atoms with E-state index in [-0.39, 0.29) is 25.9 Å². The predicted octanol–water partition coefficient (Wildman–Crippen LogP) is 1.15. The topological polar surface area (TPSA) is 263 Å². The molecule has 15 unspecified atom stereocenters. The van der Waals surface area contributed by atoms with Crippen LogP contribution in [0.15, 0.2) is 115 Å². The van der Waals surface area contributed by atoms with Crippen LogP contribution in [0.5, 0.6) is 0 Å². The second kappa shape index (κ2) is 27.5. The summed E-state index contributed by atoms with van der Waals surface area (Å²) < 4.78 is 61.6. The van der Waals surface area contributed by atoms with E-state index in [0.29, 0.717) is 6.42 Å². The fraction of sp³-hybridized carbons (Fsp3) is 0.540. The lowest BCUT2D eigenvalue weighted by atomic mass is 9.80. The summed E-state index contributed by atoms with van der Waals surface area (Å²) in [4.78, 5) is 12.9. The second-order valence-electron chi connectivity index (χ2n) is 16.9. The highest BCUT2D eigenvalue weighted by atomic mass is 16.7. The van der Waals surface area contributed by atoms with E-state index in [2.05, 4.69) is 5.32 Å². The smallest absolute Gasteiger partial charge is 0.217 e. The summed E-state index contributed by atoms with van der Waals surface area (Å²) in [7, 11) is 2.62. The lowest BCUT2D eigenvalue weighted by Gasteiger charge is -2.50. The maximum atomic E-state index is 12.9. The number of amides is 1. The largest absolute Gasteiger partial charge is 0.394 e. The molecule has 19 heteroatoms. The van der Waals surface area contributed by atoms with Crippen LogP contribution in [0.25, 0.3) is 0 Å². The predicted molar refractivity (Wildman–Crippen MR) is 244 cm³/mol. The maximum absolute atomic E-state index is 12.9. The summed E-state index contributed by atoms with van der Waals surface area (Å²) in [5, 5.41) is 77.1. The number of hydrogen-bond donors (Lipinski definition) is 8. The minimum atomic E-state index is -1.58. The summed E-state index contributed by atoms with van der Waals surface area (Å²) in [5.74, 6) is -0.945. The lowest BCUT2D eigenvalue weighted by Crippen LogP contribution is -2.65. The van der Waals surface area contributed by atoms with Crippen molar-refractivity contribution < 1.29 is 87.9 Å². The van der Waals surface area contributed by atoms with Crippen LogP contribution >= 0.6 is 0 Å². The van der Waals surface area contributed by atoms with Gasteiger partial charge in [0.15, 0.2) is 25.2 Å². The van der Waals surface area contributed by atoms with Crippen LogP contribution in [0.4, 0.5) is 0 Å². The molecule has 1 amide bonds. The fourth-order valence-corrected chi connectivity index (χ4v) is 8.57. The quantitative estimate of drug-likeness (QED) is 0.0438. The number of hydrogen-bond acceptors (Lipinski definition) is 18.